The maximum Gasteiger partial charge on any atom is 0.187 e. The van der Waals surface area contributed by atoms with Gasteiger partial charge in [-0.15, -0.1) is 10.2 Å². The molecule has 0 amide bonds. The third-order valence-corrected chi connectivity index (χ3v) is 5.00. The number of hydrogen-bond acceptors (Lipinski definition) is 5. The number of hydrogen-bond donors (Lipinski definition) is 1. The fourth-order valence-electron chi connectivity index (χ4n) is 3.60. The molecule has 2 aromatic heterocycles. The number of nitrogens with zero attached hydrogens (tertiary/aromatic N) is 5. The monoisotopic (exact) mass is 372 g/mol. The molecule has 6 nitrogen and oxygen atoms in total. The van der Waals surface area contributed by atoms with Gasteiger partial charge in [0.2, 0.25) is 0 Å². The number of para-hydroxylation sites is 1. The molecular weight excluding hydrogens is 355 g/mol. The molecule has 1 aliphatic heterocycles. The summed E-state index contributed by atoms with van der Waals surface area (Å²) < 4.78 is 15.0. The second-order valence-electron chi connectivity index (χ2n) is 6.72. The van der Waals surface area contributed by atoms with Crippen LogP contribution in [0.3, 0.4) is 0 Å². The number of nitrogen functional groups attached to an aromatic ring is 1. The Hall–Kier alpha value is -3.61. The van der Waals surface area contributed by atoms with Gasteiger partial charge < -0.3 is 5.73 Å². The van der Waals surface area contributed by atoms with Gasteiger partial charge in [0.25, 0.3) is 0 Å². The van der Waals surface area contributed by atoms with Crippen molar-refractivity contribution in [1.29, 1.82) is 0 Å². The molecule has 28 heavy (non-hydrogen) atoms. The van der Waals surface area contributed by atoms with Gasteiger partial charge in [0.05, 0.1) is 22.7 Å². The van der Waals surface area contributed by atoms with Crippen LogP contribution in [-0.2, 0) is 12.8 Å². The van der Waals surface area contributed by atoms with Gasteiger partial charge in [-0.25, -0.2) is 4.39 Å². The zero-order valence-corrected chi connectivity index (χ0v) is 15.2. The van der Waals surface area contributed by atoms with Crippen LogP contribution < -0.4 is 5.73 Å². The highest BCUT2D eigenvalue weighted by Crippen LogP contribution is 2.32. The molecule has 1 aliphatic rings. The molecule has 0 bridgehead atoms. The van der Waals surface area contributed by atoms with Crippen molar-refractivity contribution in [2.24, 2.45) is 4.99 Å². The lowest BCUT2D eigenvalue weighted by molar-refractivity contribution is 0.628. The largest absolute Gasteiger partial charge is 0.382 e. The van der Waals surface area contributed by atoms with Crippen molar-refractivity contribution in [1.82, 2.24) is 19.8 Å². The van der Waals surface area contributed by atoms with Crippen LogP contribution in [-0.4, -0.2) is 25.5 Å². The van der Waals surface area contributed by atoms with Crippen LogP contribution in [0.2, 0.25) is 0 Å². The number of aliphatic imine (C=N–C) groups is 1. The molecule has 138 valence electrons. The number of anilines is 1. The molecule has 3 heterocycles. The minimum Gasteiger partial charge on any atom is -0.382 e. The zero-order valence-electron chi connectivity index (χ0n) is 15.2. The summed E-state index contributed by atoms with van der Waals surface area (Å²) in [4.78, 5) is 4.66. The summed E-state index contributed by atoms with van der Waals surface area (Å²) in [6.45, 7) is 2.01. The van der Waals surface area contributed by atoms with Gasteiger partial charge in [-0.2, -0.15) is 9.61 Å². The number of aromatic nitrogens is 4. The third-order valence-electron chi connectivity index (χ3n) is 5.00. The summed E-state index contributed by atoms with van der Waals surface area (Å²) in [5.74, 6) is 0.115. The fraction of sp³-hybridized carbons (Fsp3) is 0.143. The number of benzene rings is 2. The summed E-state index contributed by atoms with van der Waals surface area (Å²) in [6.07, 6.45) is 1.35. The van der Waals surface area contributed by atoms with E-state index in [1.807, 2.05) is 31.2 Å². The predicted octanol–water partition coefficient (Wildman–Crippen LogP) is 3.75. The molecule has 4 aromatic rings. The van der Waals surface area contributed by atoms with Crippen LogP contribution in [0.5, 0.6) is 0 Å². The van der Waals surface area contributed by atoms with Crippen LogP contribution in [0.4, 0.5) is 15.9 Å². The Kier molecular flexibility index (Phi) is 3.68. The van der Waals surface area contributed by atoms with Gasteiger partial charge in [-0.05, 0) is 35.7 Å². The van der Waals surface area contributed by atoms with E-state index >= 15 is 0 Å². The lowest BCUT2D eigenvalue weighted by Crippen LogP contribution is -2.14. The van der Waals surface area contributed by atoms with Gasteiger partial charge in [0, 0.05) is 6.42 Å². The number of halogens is 1. The Morgan fingerprint density at radius 2 is 1.86 bits per heavy atom. The Balaban J connectivity index is 1.66. The predicted molar refractivity (Wildman–Crippen MR) is 106 cm³/mol. The summed E-state index contributed by atoms with van der Waals surface area (Å²) in [7, 11) is 0. The van der Waals surface area contributed by atoms with E-state index in [9.17, 15) is 4.39 Å². The molecule has 2 N–H and O–H groups in total. The van der Waals surface area contributed by atoms with E-state index in [0.29, 0.717) is 30.0 Å². The maximum absolute atomic E-state index is 13.3. The molecule has 0 radical (unpaired) electrons. The molecule has 0 unspecified atom stereocenters. The Morgan fingerprint density at radius 1 is 1.07 bits per heavy atom. The molecule has 0 spiro atoms. The Labute approximate surface area is 160 Å². The second kappa shape index (κ2) is 6.23. The number of rotatable bonds is 3. The van der Waals surface area contributed by atoms with Crippen molar-refractivity contribution in [2.75, 3.05) is 5.73 Å². The van der Waals surface area contributed by atoms with Crippen molar-refractivity contribution >= 4 is 22.9 Å². The van der Waals surface area contributed by atoms with E-state index in [4.69, 9.17) is 5.73 Å². The molecule has 0 saturated carbocycles. The van der Waals surface area contributed by atoms with Crippen molar-refractivity contribution in [3.63, 3.8) is 0 Å². The smallest absolute Gasteiger partial charge is 0.187 e. The van der Waals surface area contributed by atoms with Crippen LogP contribution in [0, 0.1) is 5.82 Å². The molecule has 0 fully saturated rings. The fourth-order valence-corrected chi connectivity index (χ4v) is 3.60. The molecule has 7 heteroatoms. The lowest BCUT2D eigenvalue weighted by atomic mass is 10.0. The quantitative estimate of drug-likeness (QED) is 0.594. The summed E-state index contributed by atoms with van der Waals surface area (Å²) in [5, 5.41) is 13.4. The highest BCUT2D eigenvalue weighted by Gasteiger charge is 2.23. The van der Waals surface area contributed by atoms with E-state index < -0.39 is 0 Å². The second-order valence-corrected chi connectivity index (χ2v) is 6.72. The van der Waals surface area contributed by atoms with Crippen LogP contribution >= 0.6 is 0 Å². The van der Waals surface area contributed by atoms with Gasteiger partial charge >= 0.3 is 0 Å². The van der Waals surface area contributed by atoms with Gasteiger partial charge in [-0.1, -0.05) is 37.3 Å². The molecule has 2 aromatic carbocycles. The maximum atomic E-state index is 13.3. The van der Waals surface area contributed by atoms with E-state index in [1.54, 1.807) is 16.6 Å². The summed E-state index contributed by atoms with van der Waals surface area (Å²) >= 11 is 0. The first kappa shape index (κ1) is 16.6. The Morgan fingerprint density at radius 3 is 2.61 bits per heavy atom. The SMILES string of the molecule is CCc1nn2c(N)c(C3=Nc4ccccc4C3)nnc2c1-c1ccc(F)cc1. The summed E-state index contributed by atoms with van der Waals surface area (Å²) in [5.41, 5.74) is 12.9. The van der Waals surface area contributed by atoms with E-state index in [0.717, 1.165) is 33.8 Å². The standard InChI is InChI=1S/C21H17FN6/c1-2-15-18(12-7-9-14(22)10-8-12)21-26-25-19(20(23)28(21)27-15)17-11-13-5-3-4-6-16(13)24-17/h3-10H,2,11,23H2,1H3. The van der Waals surface area contributed by atoms with Crippen molar-refractivity contribution in [3.05, 3.63) is 71.3 Å². The average Bonchev–Trinajstić information content (AvgIpc) is 3.30. The minimum absolute atomic E-state index is 0.287. The zero-order chi connectivity index (χ0) is 19.3. The number of fused-ring (bicyclic) bond motifs is 2. The molecule has 0 atom stereocenters. The normalized spacial score (nSPS) is 13.0. The highest BCUT2D eigenvalue weighted by atomic mass is 19.1. The summed E-state index contributed by atoms with van der Waals surface area (Å²) in [6, 6.07) is 14.3. The first-order valence-electron chi connectivity index (χ1n) is 9.11. The minimum atomic E-state index is -0.287. The highest BCUT2D eigenvalue weighted by molar-refractivity contribution is 6.08. The first-order chi connectivity index (χ1) is 13.7. The topological polar surface area (TPSA) is 81.5 Å². The first-order valence-corrected chi connectivity index (χ1v) is 9.11. The third kappa shape index (κ3) is 2.47. The van der Waals surface area contributed by atoms with E-state index in [2.05, 4.69) is 20.3 Å². The average molecular weight is 372 g/mol. The number of nitrogens with two attached hydrogens (primary N) is 1. The van der Waals surface area contributed by atoms with Gasteiger partial charge in [0.15, 0.2) is 11.5 Å². The van der Waals surface area contributed by atoms with Gasteiger partial charge in [0.1, 0.15) is 11.5 Å². The van der Waals surface area contributed by atoms with Crippen molar-refractivity contribution in [3.8, 4) is 11.1 Å². The Bertz CT molecular complexity index is 1240. The van der Waals surface area contributed by atoms with E-state index in [1.165, 1.54) is 12.1 Å². The van der Waals surface area contributed by atoms with E-state index in [-0.39, 0.29) is 5.82 Å². The van der Waals surface area contributed by atoms with Crippen LogP contribution in [0.15, 0.2) is 53.5 Å². The molecule has 0 aliphatic carbocycles. The van der Waals surface area contributed by atoms with Crippen molar-refractivity contribution in [2.45, 2.75) is 19.8 Å². The van der Waals surface area contributed by atoms with Crippen LogP contribution in [0.25, 0.3) is 16.8 Å². The van der Waals surface area contributed by atoms with Gasteiger partial charge in [-0.3, -0.25) is 4.99 Å². The molecule has 5 rings (SSSR count). The van der Waals surface area contributed by atoms with Crippen molar-refractivity contribution < 1.29 is 4.39 Å². The molecule has 0 saturated heterocycles. The number of aryl methyl sites for hydroxylation is 1. The molecular formula is C21H17FN6. The lowest BCUT2D eigenvalue weighted by Gasteiger charge is -2.06. The van der Waals surface area contributed by atoms with Crippen LogP contribution in [0.1, 0.15) is 23.9 Å².